The molecule has 1 N–H and O–H groups in total. The number of hydrogen-bond acceptors (Lipinski definition) is 1. The molecule has 30 heavy (non-hydrogen) atoms. The Morgan fingerprint density at radius 2 is 1.77 bits per heavy atom. The Balaban J connectivity index is 1.72. The first-order valence-electron chi connectivity index (χ1n) is 10.9. The third-order valence-corrected chi connectivity index (χ3v) is 5.33. The summed E-state index contributed by atoms with van der Waals surface area (Å²) in [6.45, 7) is 8.51. The molecular formula is C26H33N3O. The average molecular weight is 404 g/mol. The molecule has 0 bridgehead atoms. The molecule has 4 heteroatoms. The molecule has 0 saturated carbocycles. The number of nitrogens with one attached hydrogen (secondary N) is 1. The molecule has 158 valence electrons. The van der Waals surface area contributed by atoms with Crippen molar-refractivity contribution in [3.63, 3.8) is 0 Å². The van der Waals surface area contributed by atoms with Gasteiger partial charge in [0.05, 0.1) is 6.54 Å². The molecule has 1 aromatic heterocycles. The highest BCUT2D eigenvalue weighted by atomic mass is 16.2. The molecule has 0 spiro atoms. The zero-order valence-corrected chi connectivity index (χ0v) is 18.4. The third kappa shape index (κ3) is 6.24. The number of urea groups is 1. The molecule has 1 heterocycles. The van der Waals surface area contributed by atoms with Crippen molar-refractivity contribution in [2.45, 2.75) is 53.1 Å². The predicted octanol–water partition coefficient (Wildman–Crippen LogP) is 6.38. The van der Waals surface area contributed by atoms with E-state index >= 15 is 0 Å². The van der Waals surface area contributed by atoms with Gasteiger partial charge < -0.3 is 14.8 Å². The molecule has 2 amide bonds. The van der Waals surface area contributed by atoms with Gasteiger partial charge in [0.1, 0.15) is 0 Å². The molecule has 0 fully saturated rings. The molecule has 0 aliphatic rings. The number of hydrogen-bond donors (Lipinski definition) is 1. The minimum absolute atomic E-state index is 0.0433. The molecule has 0 unspecified atom stereocenters. The number of benzene rings is 2. The van der Waals surface area contributed by atoms with Gasteiger partial charge in [0.25, 0.3) is 0 Å². The van der Waals surface area contributed by atoms with Gasteiger partial charge in [-0.2, -0.15) is 0 Å². The Morgan fingerprint density at radius 1 is 0.967 bits per heavy atom. The molecule has 4 nitrogen and oxygen atoms in total. The van der Waals surface area contributed by atoms with Gasteiger partial charge in [-0.15, -0.1) is 0 Å². The Labute approximate surface area is 180 Å². The Morgan fingerprint density at radius 3 is 2.50 bits per heavy atom. The van der Waals surface area contributed by atoms with Gasteiger partial charge in [-0.05, 0) is 50.1 Å². The molecule has 0 aliphatic carbocycles. The molecule has 3 rings (SSSR count). The average Bonchev–Trinajstić information content (AvgIpc) is 3.15. The highest BCUT2D eigenvalue weighted by molar-refractivity contribution is 5.89. The van der Waals surface area contributed by atoms with Gasteiger partial charge >= 0.3 is 6.03 Å². The maximum absolute atomic E-state index is 13.0. The zero-order valence-electron chi connectivity index (χ0n) is 18.4. The SMILES string of the molecule is CCCCCN(Cc1cccn1Cc1cccc(C)c1)C(=O)Nc1ccc(C)cc1. The lowest BCUT2D eigenvalue weighted by atomic mass is 10.1. The van der Waals surface area contributed by atoms with E-state index in [-0.39, 0.29) is 6.03 Å². The van der Waals surface area contributed by atoms with E-state index in [0.29, 0.717) is 6.54 Å². The number of carbonyl (C=O) groups is 1. The minimum Gasteiger partial charge on any atom is -0.345 e. The van der Waals surface area contributed by atoms with E-state index in [1.807, 2.05) is 36.1 Å². The normalized spacial score (nSPS) is 10.8. The van der Waals surface area contributed by atoms with Crippen molar-refractivity contribution in [3.05, 3.63) is 89.2 Å². The summed E-state index contributed by atoms with van der Waals surface area (Å²) in [5, 5.41) is 3.06. The summed E-state index contributed by atoms with van der Waals surface area (Å²) in [5.41, 5.74) is 5.70. The smallest absolute Gasteiger partial charge is 0.322 e. The van der Waals surface area contributed by atoms with Gasteiger partial charge in [-0.25, -0.2) is 4.79 Å². The van der Waals surface area contributed by atoms with Crippen LogP contribution in [0.3, 0.4) is 0 Å². The summed E-state index contributed by atoms with van der Waals surface area (Å²) < 4.78 is 2.24. The first kappa shape index (κ1) is 21.7. The fourth-order valence-electron chi connectivity index (χ4n) is 3.59. The fraction of sp³-hybridized carbons (Fsp3) is 0.346. The van der Waals surface area contributed by atoms with Crippen LogP contribution in [0.5, 0.6) is 0 Å². The van der Waals surface area contributed by atoms with Crippen molar-refractivity contribution >= 4 is 11.7 Å². The Kier molecular flexibility index (Phi) is 7.72. The van der Waals surface area contributed by atoms with Crippen LogP contribution in [0, 0.1) is 13.8 Å². The van der Waals surface area contributed by atoms with Crippen LogP contribution in [0.2, 0.25) is 0 Å². The first-order valence-corrected chi connectivity index (χ1v) is 10.9. The van der Waals surface area contributed by atoms with Crippen LogP contribution in [-0.4, -0.2) is 22.0 Å². The maximum Gasteiger partial charge on any atom is 0.322 e. The van der Waals surface area contributed by atoms with Crippen molar-refractivity contribution in [1.82, 2.24) is 9.47 Å². The number of aryl methyl sites for hydroxylation is 2. The summed E-state index contributed by atoms with van der Waals surface area (Å²) in [4.78, 5) is 15.0. The van der Waals surface area contributed by atoms with E-state index in [1.54, 1.807) is 0 Å². The fourth-order valence-corrected chi connectivity index (χ4v) is 3.59. The van der Waals surface area contributed by atoms with E-state index in [9.17, 15) is 4.79 Å². The van der Waals surface area contributed by atoms with E-state index < -0.39 is 0 Å². The van der Waals surface area contributed by atoms with Gasteiger partial charge in [-0.1, -0.05) is 67.3 Å². The maximum atomic E-state index is 13.0. The molecule has 0 atom stereocenters. The molecule has 0 saturated heterocycles. The quantitative estimate of drug-likeness (QED) is 0.414. The van der Waals surface area contributed by atoms with Gasteiger partial charge in [0, 0.05) is 30.7 Å². The molecule has 0 radical (unpaired) electrons. The van der Waals surface area contributed by atoms with Crippen LogP contribution in [0.4, 0.5) is 10.5 Å². The van der Waals surface area contributed by atoms with Gasteiger partial charge in [-0.3, -0.25) is 0 Å². The van der Waals surface area contributed by atoms with E-state index in [4.69, 9.17) is 0 Å². The summed E-state index contributed by atoms with van der Waals surface area (Å²) >= 11 is 0. The molecular weight excluding hydrogens is 370 g/mol. The topological polar surface area (TPSA) is 37.3 Å². The zero-order chi connectivity index (χ0) is 21.3. The number of nitrogens with zero attached hydrogens (tertiary/aromatic N) is 2. The molecule has 3 aromatic rings. The van der Waals surface area contributed by atoms with Crippen molar-refractivity contribution in [2.24, 2.45) is 0 Å². The van der Waals surface area contributed by atoms with Crippen LogP contribution in [-0.2, 0) is 13.1 Å². The molecule has 0 aliphatic heterocycles. The lowest BCUT2D eigenvalue weighted by molar-refractivity contribution is 0.206. The summed E-state index contributed by atoms with van der Waals surface area (Å²) in [5.74, 6) is 0. The summed E-state index contributed by atoms with van der Waals surface area (Å²) in [6.07, 6.45) is 5.37. The Bertz CT molecular complexity index is 943. The predicted molar refractivity (Wildman–Crippen MR) is 125 cm³/mol. The van der Waals surface area contributed by atoms with E-state index in [2.05, 4.69) is 66.3 Å². The Hall–Kier alpha value is -3.01. The van der Waals surface area contributed by atoms with Crippen LogP contribution >= 0.6 is 0 Å². The lowest BCUT2D eigenvalue weighted by Crippen LogP contribution is -2.36. The minimum atomic E-state index is -0.0433. The van der Waals surface area contributed by atoms with Crippen LogP contribution in [0.25, 0.3) is 0 Å². The van der Waals surface area contributed by atoms with Crippen LogP contribution < -0.4 is 5.32 Å². The molecule has 2 aromatic carbocycles. The summed E-state index contributed by atoms with van der Waals surface area (Å²) in [7, 11) is 0. The highest BCUT2D eigenvalue weighted by Gasteiger charge is 2.16. The highest BCUT2D eigenvalue weighted by Crippen LogP contribution is 2.15. The van der Waals surface area contributed by atoms with Crippen molar-refractivity contribution in [3.8, 4) is 0 Å². The second kappa shape index (κ2) is 10.7. The first-order chi connectivity index (χ1) is 14.5. The number of anilines is 1. The number of unbranched alkanes of at least 4 members (excludes halogenated alkanes) is 2. The second-order valence-corrected chi connectivity index (χ2v) is 8.04. The summed E-state index contributed by atoms with van der Waals surface area (Å²) in [6, 6.07) is 20.7. The van der Waals surface area contributed by atoms with Crippen molar-refractivity contribution < 1.29 is 4.79 Å². The number of carbonyl (C=O) groups excluding carboxylic acids is 1. The third-order valence-electron chi connectivity index (χ3n) is 5.33. The van der Waals surface area contributed by atoms with E-state index in [1.165, 1.54) is 16.7 Å². The standard InChI is InChI=1S/C26H33N3O/c1-4-5-6-16-29(26(30)27-24-14-12-21(2)13-15-24)20-25-11-8-17-28(25)19-23-10-7-9-22(3)18-23/h7-15,17-18H,4-6,16,19-20H2,1-3H3,(H,27,30). The lowest BCUT2D eigenvalue weighted by Gasteiger charge is -2.24. The van der Waals surface area contributed by atoms with Crippen LogP contribution in [0.15, 0.2) is 66.9 Å². The van der Waals surface area contributed by atoms with Gasteiger partial charge in [0.15, 0.2) is 0 Å². The van der Waals surface area contributed by atoms with Crippen molar-refractivity contribution in [2.75, 3.05) is 11.9 Å². The monoisotopic (exact) mass is 403 g/mol. The van der Waals surface area contributed by atoms with E-state index in [0.717, 1.165) is 43.7 Å². The van der Waals surface area contributed by atoms with Gasteiger partial charge in [0.2, 0.25) is 0 Å². The number of aromatic nitrogens is 1. The largest absolute Gasteiger partial charge is 0.345 e. The number of amides is 2. The van der Waals surface area contributed by atoms with Crippen molar-refractivity contribution in [1.29, 1.82) is 0 Å². The van der Waals surface area contributed by atoms with Crippen LogP contribution in [0.1, 0.15) is 48.6 Å². The second-order valence-electron chi connectivity index (χ2n) is 8.04. The number of rotatable bonds is 9.